The zero-order chi connectivity index (χ0) is 21.1. The fourth-order valence-corrected chi connectivity index (χ4v) is 3.67. The number of likely N-dealkylation sites (N-methyl/N-ethyl adjacent to an activating group) is 1. The van der Waals surface area contributed by atoms with Crippen LogP contribution in [0.4, 0.5) is 0 Å². The number of benzene rings is 1. The van der Waals surface area contributed by atoms with Crippen molar-refractivity contribution < 1.29 is 14.3 Å². The monoisotopic (exact) mass is 442 g/mol. The van der Waals surface area contributed by atoms with E-state index in [1.807, 2.05) is 24.3 Å². The average molecular weight is 443 g/mol. The number of methoxy groups -OCH3 is 1. The zero-order valence-corrected chi connectivity index (χ0v) is 18.9. The van der Waals surface area contributed by atoms with Gasteiger partial charge < -0.3 is 25.0 Å². The molecule has 0 atom stereocenters. The lowest BCUT2D eigenvalue weighted by molar-refractivity contribution is -0.127. The van der Waals surface area contributed by atoms with Crippen molar-refractivity contribution >= 4 is 35.2 Å². The van der Waals surface area contributed by atoms with E-state index in [-0.39, 0.29) is 18.1 Å². The van der Waals surface area contributed by atoms with Crippen LogP contribution in [-0.4, -0.2) is 82.2 Å². The Labute approximate surface area is 182 Å². The summed E-state index contributed by atoms with van der Waals surface area (Å²) in [5, 5.41) is 7.39. The number of nitrogens with zero attached hydrogens (tertiary/aromatic N) is 2. The third kappa shape index (κ3) is 8.42. The number of hydrogen-bond acceptors (Lipinski definition) is 5. The van der Waals surface area contributed by atoms with Gasteiger partial charge >= 0.3 is 0 Å². The van der Waals surface area contributed by atoms with Gasteiger partial charge in [0.25, 0.3) is 0 Å². The largest absolute Gasteiger partial charge is 0.381 e. The molecule has 1 aromatic carbocycles. The Morgan fingerprint density at radius 2 is 1.97 bits per heavy atom. The molecule has 1 amide bonds. The molecular weight excluding hydrogens is 412 g/mol. The topological polar surface area (TPSA) is 75.2 Å². The second-order valence-corrected chi connectivity index (χ2v) is 8.64. The minimum Gasteiger partial charge on any atom is -0.381 e. The summed E-state index contributed by atoms with van der Waals surface area (Å²) in [4.78, 5) is 19.1. The molecule has 7 nitrogen and oxygen atoms in total. The molecule has 0 spiro atoms. The van der Waals surface area contributed by atoms with Gasteiger partial charge in [-0.1, -0.05) is 11.6 Å². The van der Waals surface area contributed by atoms with E-state index >= 15 is 0 Å². The summed E-state index contributed by atoms with van der Waals surface area (Å²) in [7, 11) is 5.18. The van der Waals surface area contributed by atoms with Crippen LogP contribution in [0.5, 0.6) is 0 Å². The summed E-state index contributed by atoms with van der Waals surface area (Å²) in [5.41, 5.74) is -0.273. The van der Waals surface area contributed by atoms with Crippen molar-refractivity contribution in [2.24, 2.45) is 4.99 Å². The molecule has 29 heavy (non-hydrogen) atoms. The molecule has 162 valence electrons. The molecule has 1 aromatic rings. The van der Waals surface area contributed by atoms with Gasteiger partial charge in [-0.3, -0.25) is 4.79 Å². The predicted octanol–water partition coefficient (Wildman–Crippen LogP) is 2.25. The number of thioether (sulfide) groups is 1. The van der Waals surface area contributed by atoms with Crippen molar-refractivity contribution in [1.29, 1.82) is 0 Å². The van der Waals surface area contributed by atoms with Crippen LogP contribution in [0.15, 0.2) is 34.2 Å². The van der Waals surface area contributed by atoms with Gasteiger partial charge in [0.1, 0.15) is 6.54 Å². The normalized spacial score (nSPS) is 16.3. The van der Waals surface area contributed by atoms with E-state index in [0.717, 1.165) is 28.5 Å². The Bertz CT molecular complexity index is 664. The van der Waals surface area contributed by atoms with Crippen LogP contribution >= 0.6 is 23.4 Å². The molecule has 0 radical (unpaired) electrons. The third-order valence-electron chi connectivity index (χ3n) is 4.76. The van der Waals surface area contributed by atoms with Crippen molar-refractivity contribution in [3.63, 3.8) is 0 Å². The molecule has 2 rings (SSSR count). The van der Waals surface area contributed by atoms with Gasteiger partial charge in [0.05, 0.1) is 5.60 Å². The van der Waals surface area contributed by atoms with Crippen LogP contribution < -0.4 is 10.6 Å². The number of rotatable bonds is 9. The van der Waals surface area contributed by atoms with Gasteiger partial charge in [0.15, 0.2) is 5.96 Å². The summed E-state index contributed by atoms with van der Waals surface area (Å²) < 4.78 is 11.2. The number of halogens is 1. The number of amides is 1. The number of carbonyl (C=O) groups is 1. The van der Waals surface area contributed by atoms with Gasteiger partial charge in [-0.15, -0.1) is 11.8 Å². The summed E-state index contributed by atoms with van der Waals surface area (Å²) in [6, 6.07) is 7.78. The maximum absolute atomic E-state index is 11.9. The molecule has 9 heteroatoms. The molecule has 0 aromatic heterocycles. The van der Waals surface area contributed by atoms with E-state index in [1.54, 1.807) is 33.0 Å². The molecular formula is C20H31ClN4O3S. The highest BCUT2D eigenvalue weighted by molar-refractivity contribution is 7.99. The lowest BCUT2D eigenvalue weighted by Crippen LogP contribution is -2.51. The molecule has 0 bridgehead atoms. The van der Waals surface area contributed by atoms with E-state index in [0.29, 0.717) is 32.3 Å². The quantitative estimate of drug-likeness (QED) is 0.264. The van der Waals surface area contributed by atoms with E-state index < -0.39 is 0 Å². The molecule has 0 saturated carbocycles. The Morgan fingerprint density at radius 1 is 1.28 bits per heavy atom. The highest BCUT2D eigenvalue weighted by Crippen LogP contribution is 2.23. The van der Waals surface area contributed by atoms with Crippen LogP contribution in [0.3, 0.4) is 0 Å². The number of guanidine groups is 1. The highest BCUT2D eigenvalue weighted by Gasteiger charge is 2.32. The molecule has 1 fully saturated rings. The first-order chi connectivity index (χ1) is 13.9. The molecule has 1 heterocycles. The maximum atomic E-state index is 11.9. The van der Waals surface area contributed by atoms with Crippen LogP contribution in [-0.2, 0) is 14.3 Å². The fourth-order valence-electron chi connectivity index (χ4n) is 2.77. The van der Waals surface area contributed by atoms with E-state index in [9.17, 15) is 4.79 Å². The van der Waals surface area contributed by atoms with Gasteiger partial charge in [-0.25, -0.2) is 4.99 Å². The van der Waals surface area contributed by atoms with Crippen molar-refractivity contribution in [3.05, 3.63) is 29.3 Å². The number of hydrogen-bond donors (Lipinski definition) is 2. The van der Waals surface area contributed by atoms with Crippen LogP contribution in [0, 0.1) is 0 Å². The van der Waals surface area contributed by atoms with Gasteiger partial charge in [0, 0.05) is 76.0 Å². The average Bonchev–Trinajstić information content (AvgIpc) is 2.74. The Morgan fingerprint density at radius 3 is 2.59 bits per heavy atom. The number of aliphatic imine (C=N–C) groups is 1. The van der Waals surface area contributed by atoms with Crippen LogP contribution in [0.1, 0.15) is 12.8 Å². The lowest BCUT2D eigenvalue weighted by Gasteiger charge is -2.36. The molecule has 0 unspecified atom stereocenters. The van der Waals surface area contributed by atoms with Crippen molar-refractivity contribution in [2.75, 3.05) is 59.8 Å². The predicted molar refractivity (Wildman–Crippen MR) is 119 cm³/mol. The number of nitrogens with one attached hydrogen (secondary N) is 2. The van der Waals surface area contributed by atoms with E-state index in [1.165, 1.54) is 4.90 Å². The minimum absolute atomic E-state index is 0.0471. The van der Waals surface area contributed by atoms with Crippen LogP contribution in [0.2, 0.25) is 5.02 Å². The van der Waals surface area contributed by atoms with Gasteiger partial charge in [-0.05, 0) is 24.3 Å². The number of ether oxygens (including phenoxy) is 2. The standard InChI is InChI=1S/C20H31ClN4O3S/c1-25(2)18(26)14-23-19(24-15-20(27-3)8-11-28-12-9-20)22-10-13-29-17-6-4-16(21)5-7-17/h4-7H,8-15H2,1-3H3,(H2,22,23,24). The molecule has 0 aliphatic carbocycles. The summed E-state index contributed by atoms with van der Waals surface area (Å²) in [5.74, 6) is 1.42. The van der Waals surface area contributed by atoms with Crippen molar-refractivity contribution in [1.82, 2.24) is 15.5 Å². The second-order valence-electron chi connectivity index (χ2n) is 7.04. The fraction of sp³-hybridized carbons (Fsp3) is 0.600. The zero-order valence-electron chi connectivity index (χ0n) is 17.4. The minimum atomic E-state index is -0.273. The summed E-state index contributed by atoms with van der Waals surface area (Å²) in [6.07, 6.45) is 1.65. The smallest absolute Gasteiger partial charge is 0.243 e. The molecule has 1 aliphatic heterocycles. The molecule has 2 N–H and O–H groups in total. The third-order valence-corrected chi connectivity index (χ3v) is 6.03. The first kappa shape index (κ1) is 23.8. The Hall–Kier alpha value is -1.48. The van der Waals surface area contributed by atoms with Gasteiger partial charge in [-0.2, -0.15) is 0 Å². The van der Waals surface area contributed by atoms with E-state index in [4.69, 9.17) is 21.1 Å². The Balaban J connectivity index is 1.88. The summed E-state index contributed by atoms with van der Waals surface area (Å²) in [6.45, 7) is 2.78. The molecule has 1 saturated heterocycles. The van der Waals surface area contributed by atoms with Crippen molar-refractivity contribution in [3.8, 4) is 0 Å². The second kappa shape index (κ2) is 12.3. The van der Waals surface area contributed by atoms with Gasteiger partial charge in [0.2, 0.25) is 5.91 Å². The number of carbonyl (C=O) groups excluding carboxylic acids is 1. The lowest BCUT2D eigenvalue weighted by atomic mass is 9.94. The van der Waals surface area contributed by atoms with Crippen molar-refractivity contribution in [2.45, 2.75) is 23.3 Å². The van der Waals surface area contributed by atoms with E-state index in [2.05, 4.69) is 15.6 Å². The van der Waals surface area contributed by atoms with Crippen LogP contribution in [0.25, 0.3) is 0 Å². The Kier molecular flexibility index (Phi) is 10.1. The SMILES string of the molecule is COC1(CNC(=NCC(=O)N(C)C)NCCSc2ccc(Cl)cc2)CCOCC1. The summed E-state index contributed by atoms with van der Waals surface area (Å²) >= 11 is 7.65. The first-order valence-corrected chi connectivity index (χ1v) is 11.0. The highest BCUT2D eigenvalue weighted by atomic mass is 35.5. The maximum Gasteiger partial charge on any atom is 0.243 e. The molecule has 1 aliphatic rings. The first-order valence-electron chi connectivity index (χ1n) is 9.68.